The lowest BCUT2D eigenvalue weighted by Gasteiger charge is -2.15. The fraction of sp³-hybridized carbons (Fsp3) is 0.600. The monoisotopic (exact) mass is 379 g/mol. The van der Waals surface area contributed by atoms with Crippen LogP contribution >= 0.6 is 0 Å². The molecule has 0 aromatic heterocycles. The Bertz CT molecular complexity index is 591. The molecule has 0 saturated heterocycles. The van der Waals surface area contributed by atoms with Gasteiger partial charge in [-0.15, -0.1) is 0 Å². The molecule has 0 amide bonds. The van der Waals surface area contributed by atoms with Crippen molar-refractivity contribution in [3.8, 4) is 5.75 Å². The van der Waals surface area contributed by atoms with Gasteiger partial charge in [-0.3, -0.25) is 9.79 Å². The van der Waals surface area contributed by atoms with Crippen LogP contribution in [0.15, 0.2) is 23.2 Å². The molecular formula is C20H33N3O4. The van der Waals surface area contributed by atoms with Crippen LogP contribution in [0.3, 0.4) is 0 Å². The molecule has 0 aliphatic rings. The van der Waals surface area contributed by atoms with E-state index in [4.69, 9.17) is 14.2 Å². The summed E-state index contributed by atoms with van der Waals surface area (Å²) in [6, 6.07) is 6.16. The quantitative estimate of drug-likeness (QED) is 0.251. The molecule has 0 aliphatic heterocycles. The first kappa shape index (κ1) is 22.8. The molecule has 0 heterocycles. The zero-order chi connectivity index (χ0) is 19.9. The maximum atomic E-state index is 11.3. The smallest absolute Gasteiger partial charge is 0.305 e. The number of aliphatic imine (C=N–C) groups is 1. The Hall–Kier alpha value is -2.28. The Kier molecular flexibility index (Phi) is 11.7. The number of ether oxygens (including phenoxy) is 3. The van der Waals surface area contributed by atoms with E-state index in [1.807, 2.05) is 19.9 Å². The molecule has 0 atom stereocenters. The predicted molar refractivity (Wildman–Crippen MR) is 107 cm³/mol. The van der Waals surface area contributed by atoms with Gasteiger partial charge in [-0.2, -0.15) is 0 Å². The molecular weight excluding hydrogens is 346 g/mol. The van der Waals surface area contributed by atoms with Gasteiger partial charge in [0.15, 0.2) is 5.96 Å². The number of guanidine groups is 1. The molecule has 27 heavy (non-hydrogen) atoms. The summed E-state index contributed by atoms with van der Waals surface area (Å²) in [5, 5.41) is 6.48. The summed E-state index contributed by atoms with van der Waals surface area (Å²) in [7, 11) is 3.41. The molecule has 2 N–H and O–H groups in total. The average Bonchev–Trinajstić information content (AvgIpc) is 2.66. The van der Waals surface area contributed by atoms with E-state index in [0.717, 1.165) is 23.3 Å². The fourth-order valence-corrected chi connectivity index (χ4v) is 2.40. The zero-order valence-corrected chi connectivity index (χ0v) is 17.0. The first-order valence-corrected chi connectivity index (χ1v) is 9.42. The van der Waals surface area contributed by atoms with E-state index >= 15 is 0 Å². The van der Waals surface area contributed by atoms with Crippen LogP contribution in [-0.4, -0.2) is 52.5 Å². The summed E-state index contributed by atoms with van der Waals surface area (Å²) in [6.45, 7) is 6.81. The minimum absolute atomic E-state index is 0.169. The van der Waals surface area contributed by atoms with Crippen molar-refractivity contribution in [3.05, 3.63) is 29.3 Å². The van der Waals surface area contributed by atoms with Crippen LogP contribution in [0.2, 0.25) is 0 Å². The lowest BCUT2D eigenvalue weighted by Crippen LogP contribution is -2.37. The number of carbonyl (C=O) groups excluding carboxylic acids is 1. The summed E-state index contributed by atoms with van der Waals surface area (Å²) >= 11 is 0. The van der Waals surface area contributed by atoms with Gasteiger partial charge >= 0.3 is 5.97 Å². The number of rotatable bonds is 12. The highest BCUT2D eigenvalue weighted by Crippen LogP contribution is 2.20. The Labute approximate surface area is 162 Å². The van der Waals surface area contributed by atoms with Crippen LogP contribution in [-0.2, 0) is 20.8 Å². The topological polar surface area (TPSA) is 81.2 Å². The van der Waals surface area contributed by atoms with E-state index in [1.165, 1.54) is 0 Å². The summed E-state index contributed by atoms with van der Waals surface area (Å²) in [4.78, 5) is 15.6. The Balaban J connectivity index is 2.46. The molecule has 0 bridgehead atoms. The van der Waals surface area contributed by atoms with Crippen LogP contribution in [0, 0.1) is 6.92 Å². The summed E-state index contributed by atoms with van der Waals surface area (Å²) in [5.74, 6) is 1.39. The molecule has 0 fully saturated rings. The van der Waals surface area contributed by atoms with Gasteiger partial charge in [0.25, 0.3) is 0 Å². The Morgan fingerprint density at radius 3 is 2.70 bits per heavy atom. The third kappa shape index (κ3) is 9.84. The minimum Gasteiger partial charge on any atom is -0.493 e. The SMILES string of the molecule is CCOC(=O)CCCNC(=NC)NCc1ccc(C)cc1OCCCOC. The van der Waals surface area contributed by atoms with Crippen molar-refractivity contribution in [1.82, 2.24) is 10.6 Å². The molecule has 0 aliphatic carbocycles. The van der Waals surface area contributed by atoms with Gasteiger partial charge < -0.3 is 24.8 Å². The van der Waals surface area contributed by atoms with Crippen LogP contribution < -0.4 is 15.4 Å². The fourth-order valence-electron chi connectivity index (χ4n) is 2.40. The van der Waals surface area contributed by atoms with Crippen molar-refractivity contribution in [2.45, 2.75) is 39.7 Å². The van der Waals surface area contributed by atoms with Gasteiger partial charge in [-0.25, -0.2) is 0 Å². The highest BCUT2D eigenvalue weighted by atomic mass is 16.5. The molecule has 0 unspecified atom stereocenters. The van der Waals surface area contributed by atoms with Gasteiger partial charge in [0, 0.05) is 52.3 Å². The predicted octanol–water partition coefficient (Wildman–Crippen LogP) is 2.42. The summed E-state index contributed by atoms with van der Waals surface area (Å²) < 4.78 is 15.9. The van der Waals surface area contributed by atoms with E-state index in [2.05, 4.69) is 27.8 Å². The number of carbonyl (C=O) groups is 1. The molecule has 1 rings (SSSR count). The first-order chi connectivity index (χ1) is 13.1. The number of hydrogen-bond acceptors (Lipinski definition) is 5. The van der Waals surface area contributed by atoms with Crippen molar-refractivity contribution in [2.75, 3.05) is 40.5 Å². The van der Waals surface area contributed by atoms with Crippen LogP contribution in [0.25, 0.3) is 0 Å². The summed E-state index contributed by atoms with van der Waals surface area (Å²) in [6.07, 6.45) is 1.94. The highest BCUT2D eigenvalue weighted by molar-refractivity contribution is 5.79. The lowest BCUT2D eigenvalue weighted by atomic mass is 10.1. The Morgan fingerprint density at radius 1 is 1.19 bits per heavy atom. The van der Waals surface area contributed by atoms with Crippen molar-refractivity contribution in [3.63, 3.8) is 0 Å². The maximum absolute atomic E-state index is 11.3. The second kappa shape index (κ2) is 13.9. The lowest BCUT2D eigenvalue weighted by molar-refractivity contribution is -0.143. The van der Waals surface area contributed by atoms with Crippen LogP contribution in [0.4, 0.5) is 0 Å². The largest absolute Gasteiger partial charge is 0.493 e. The van der Waals surface area contributed by atoms with Crippen molar-refractivity contribution < 1.29 is 19.0 Å². The maximum Gasteiger partial charge on any atom is 0.305 e. The number of benzene rings is 1. The first-order valence-electron chi connectivity index (χ1n) is 9.42. The van der Waals surface area contributed by atoms with Crippen molar-refractivity contribution in [2.24, 2.45) is 4.99 Å². The minimum atomic E-state index is -0.169. The van der Waals surface area contributed by atoms with E-state index in [1.54, 1.807) is 14.2 Å². The van der Waals surface area contributed by atoms with E-state index in [9.17, 15) is 4.79 Å². The third-order valence-electron chi connectivity index (χ3n) is 3.80. The summed E-state index contributed by atoms with van der Waals surface area (Å²) in [5.41, 5.74) is 2.22. The molecule has 7 heteroatoms. The number of nitrogens with one attached hydrogen (secondary N) is 2. The molecule has 0 radical (unpaired) electrons. The zero-order valence-electron chi connectivity index (χ0n) is 17.0. The van der Waals surface area contributed by atoms with Gasteiger partial charge in [-0.1, -0.05) is 12.1 Å². The number of methoxy groups -OCH3 is 1. The van der Waals surface area contributed by atoms with Crippen molar-refractivity contribution >= 4 is 11.9 Å². The highest BCUT2D eigenvalue weighted by Gasteiger charge is 2.07. The average molecular weight is 380 g/mol. The van der Waals surface area contributed by atoms with Crippen molar-refractivity contribution in [1.29, 1.82) is 0 Å². The molecule has 152 valence electrons. The van der Waals surface area contributed by atoms with Gasteiger partial charge in [0.2, 0.25) is 0 Å². The molecule has 0 spiro atoms. The normalized spacial score (nSPS) is 11.2. The van der Waals surface area contributed by atoms with Crippen LogP contribution in [0.5, 0.6) is 5.75 Å². The van der Waals surface area contributed by atoms with E-state index in [-0.39, 0.29) is 5.97 Å². The third-order valence-corrected chi connectivity index (χ3v) is 3.80. The van der Waals surface area contributed by atoms with E-state index < -0.39 is 0 Å². The Morgan fingerprint density at radius 2 is 2.00 bits per heavy atom. The molecule has 1 aromatic carbocycles. The second-order valence-corrected chi connectivity index (χ2v) is 6.07. The number of nitrogens with zero attached hydrogens (tertiary/aromatic N) is 1. The molecule has 1 aromatic rings. The second-order valence-electron chi connectivity index (χ2n) is 6.07. The van der Waals surface area contributed by atoms with E-state index in [0.29, 0.717) is 51.7 Å². The number of aryl methyl sites for hydroxylation is 1. The molecule has 0 saturated carbocycles. The standard InChI is InChI=1S/C20H33N3O4/c1-5-26-19(24)8-6-11-22-20(21-3)23-15-17-10-9-16(2)14-18(17)27-13-7-12-25-4/h9-10,14H,5-8,11-13,15H2,1-4H3,(H2,21,22,23). The van der Waals surface area contributed by atoms with Crippen LogP contribution in [0.1, 0.15) is 37.3 Å². The van der Waals surface area contributed by atoms with Gasteiger partial charge in [-0.05, 0) is 31.9 Å². The number of hydrogen-bond donors (Lipinski definition) is 2. The number of esters is 1. The van der Waals surface area contributed by atoms with Gasteiger partial charge in [0.05, 0.1) is 13.2 Å². The molecule has 7 nitrogen and oxygen atoms in total. The van der Waals surface area contributed by atoms with Gasteiger partial charge in [0.1, 0.15) is 5.75 Å².